The molecule has 0 atom stereocenters. The third-order valence-electron chi connectivity index (χ3n) is 1.69. The first-order valence-electron chi connectivity index (χ1n) is 4.44. The Morgan fingerprint density at radius 2 is 2.25 bits per heavy atom. The van der Waals surface area contributed by atoms with Crippen molar-refractivity contribution in [2.45, 2.75) is 26.7 Å². The van der Waals surface area contributed by atoms with Gasteiger partial charge in [-0.05, 0) is 25.0 Å². The Hall–Kier alpha value is -1.05. The van der Waals surface area contributed by atoms with Crippen LogP contribution in [0.1, 0.15) is 25.8 Å². The van der Waals surface area contributed by atoms with Gasteiger partial charge in [-0.3, -0.25) is 4.98 Å². The standard InChI is InChI=1S/C10H15NO/c1-3-5-9-6-7-11-8-10(9)12-4-2/h6-8H,3-5H2,1-2H3. The average molecular weight is 165 g/mol. The molecular formula is C10H15NO. The second-order valence-electron chi connectivity index (χ2n) is 2.67. The van der Waals surface area contributed by atoms with E-state index in [1.165, 1.54) is 5.56 Å². The van der Waals surface area contributed by atoms with Crippen molar-refractivity contribution in [2.24, 2.45) is 0 Å². The van der Waals surface area contributed by atoms with Crippen LogP contribution >= 0.6 is 0 Å². The van der Waals surface area contributed by atoms with Crippen LogP contribution in [-0.4, -0.2) is 11.6 Å². The van der Waals surface area contributed by atoms with Gasteiger partial charge in [0.25, 0.3) is 0 Å². The van der Waals surface area contributed by atoms with Crippen molar-refractivity contribution in [3.8, 4) is 5.75 Å². The lowest BCUT2D eigenvalue weighted by Gasteiger charge is -2.07. The van der Waals surface area contributed by atoms with Crippen LogP contribution in [0, 0.1) is 0 Å². The summed E-state index contributed by atoms with van der Waals surface area (Å²) in [6.45, 7) is 4.86. The fourth-order valence-corrected chi connectivity index (χ4v) is 1.17. The highest BCUT2D eigenvalue weighted by molar-refractivity contribution is 5.29. The van der Waals surface area contributed by atoms with Crippen LogP contribution in [0.2, 0.25) is 0 Å². The second-order valence-corrected chi connectivity index (χ2v) is 2.67. The summed E-state index contributed by atoms with van der Waals surface area (Å²) in [6.07, 6.45) is 5.81. The van der Waals surface area contributed by atoms with Gasteiger partial charge in [0.05, 0.1) is 12.8 Å². The summed E-state index contributed by atoms with van der Waals surface area (Å²) in [6, 6.07) is 2.02. The third-order valence-corrected chi connectivity index (χ3v) is 1.69. The van der Waals surface area contributed by atoms with E-state index in [2.05, 4.69) is 11.9 Å². The molecule has 12 heavy (non-hydrogen) atoms. The predicted octanol–water partition coefficient (Wildman–Crippen LogP) is 2.43. The second kappa shape index (κ2) is 4.75. The van der Waals surface area contributed by atoms with E-state index in [1.807, 2.05) is 19.2 Å². The molecule has 0 aliphatic heterocycles. The molecule has 0 aliphatic rings. The molecule has 0 fully saturated rings. The van der Waals surface area contributed by atoms with Crippen molar-refractivity contribution >= 4 is 0 Å². The molecule has 0 saturated heterocycles. The van der Waals surface area contributed by atoms with E-state index >= 15 is 0 Å². The van der Waals surface area contributed by atoms with Gasteiger partial charge in [-0.2, -0.15) is 0 Å². The summed E-state index contributed by atoms with van der Waals surface area (Å²) in [4.78, 5) is 4.02. The lowest BCUT2D eigenvalue weighted by atomic mass is 10.1. The van der Waals surface area contributed by atoms with Crippen LogP contribution < -0.4 is 4.74 Å². The van der Waals surface area contributed by atoms with E-state index in [1.54, 1.807) is 6.20 Å². The van der Waals surface area contributed by atoms with E-state index in [0.29, 0.717) is 6.61 Å². The maximum atomic E-state index is 5.43. The fourth-order valence-electron chi connectivity index (χ4n) is 1.17. The van der Waals surface area contributed by atoms with Gasteiger partial charge in [0.2, 0.25) is 0 Å². The molecule has 0 unspecified atom stereocenters. The molecule has 1 heterocycles. The zero-order valence-electron chi connectivity index (χ0n) is 7.71. The summed E-state index contributed by atoms with van der Waals surface area (Å²) >= 11 is 0. The molecule has 2 heteroatoms. The number of hydrogen-bond donors (Lipinski definition) is 0. The van der Waals surface area contributed by atoms with E-state index in [0.717, 1.165) is 18.6 Å². The molecule has 0 aliphatic carbocycles. The number of hydrogen-bond acceptors (Lipinski definition) is 2. The molecule has 0 N–H and O–H groups in total. The van der Waals surface area contributed by atoms with Crippen LogP contribution in [0.25, 0.3) is 0 Å². The zero-order chi connectivity index (χ0) is 8.81. The normalized spacial score (nSPS) is 9.83. The van der Waals surface area contributed by atoms with Gasteiger partial charge < -0.3 is 4.74 Å². The van der Waals surface area contributed by atoms with E-state index < -0.39 is 0 Å². The van der Waals surface area contributed by atoms with Crippen molar-refractivity contribution in [2.75, 3.05) is 6.61 Å². The fraction of sp³-hybridized carbons (Fsp3) is 0.500. The summed E-state index contributed by atoms with van der Waals surface area (Å²) in [5.41, 5.74) is 1.26. The Bertz CT molecular complexity index is 210. The molecule has 1 aromatic rings. The zero-order valence-corrected chi connectivity index (χ0v) is 7.71. The van der Waals surface area contributed by atoms with E-state index in [-0.39, 0.29) is 0 Å². The van der Waals surface area contributed by atoms with Gasteiger partial charge in [0, 0.05) is 6.20 Å². The largest absolute Gasteiger partial charge is 0.492 e. The monoisotopic (exact) mass is 165 g/mol. The minimum Gasteiger partial charge on any atom is -0.492 e. The van der Waals surface area contributed by atoms with Gasteiger partial charge >= 0.3 is 0 Å². The maximum Gasteiger partial charge on any atom is 0.140 e. The molecule has 0 saturated carbocycles. The van der Waals surface area contributed by atoms with Crippen LogP contribution in [-0.2, 0) is 6.42 Å². The molecule has 1 aromatic heterocycles. The number of nitrogens with zero attached hydrogens (tertiary/aromatic N) is 1. The smallest absolute Gasteiger partial charge is 0.140 e. The minimum absolute atomic E-state index is 0.711. The predicted molar refractivity (Wildman–Crippen MR) is 49.4 cm³/mol. The molecule has 0 spiro atoms. The van der Waals surface area contributed by atoms with Crippen molar-refractivity contribution in [3.63, 3.8) is 0 Å². The molecule has 0 aromatic carbocycles. The third kappa shape index (κ3) is 2.22. The van der Waals surface area contributed by atoms with Gasteiger partial charge in [0.1, 0.15) is 5.75 Å². The van der Waals surface area contributed by atoms with E-state index in [9.17, 15) is 0 Å². The lowest BCUT2D eigenvalue weighted by molar-refractivity contribution is 0.335. The highest BCUT2D eigenvalue weighted by Crippen LogP contribution is 2.17. The Balaban J connectivity index is 2.77. The number of pyridine rings is 1. The minimum atomic E-state index is 0.711. The van der Waals surface area contributed by atoms with Gasteiger partial charge in [0.15, 0.2) is 0 Å². The molecular weight excluding hydrogens is 150 g/mol. The molecule has 0 amide bonds. The lowest BCUT2D eigenvalue weighted by Crippen LogP contribution is -1.96. The number of ether oxygens (including phenoxy) is 1. The van der Waals surface area contributed by atoms with Crippen molar-refractivity contribution in [1.29, 1.82) is 0 Å². The first kappa shape index (κ1) is 9.04. The Labute approximate surface area is 73.6 Å². The summed E-state index contributed by atoms with van der Waals surface area (Å²) < 4.78 is 5.43. The summed E-state index contributed by atoms with van der Waals surface area (Å²) in [5, 5.41) is 0. The van der Waals surface area contributed by atoms with Crippen molar-refractivity contribution < 1.29 is 4.74 Å². The number of aryl methyl sites for hydroxylation is 1. The Morgan fingerprint density at radius 3 is 2.92 bits per heavy atom. The topological polar surface area (TPSA) is 22.1 Å². The first-order valence-corrected chi connectivity index (χ1v) is 4.44. The number of rotatable bonds is 4. The summed E-state index contributed by atoms with van der Waals surface area (Å²) in [5.74, 6) is 0.932. The first-order chi connectivity index (χ1) is 5.88. The van der Waals surface area contributed by atoms with Crippen LogP contribution in [0.5, 0.6) is 5.75 Å². The van der Waals surface area contributed by atoms with Gasteiger partial charge in [-0.25, -0.2) is 0 Å². The molecule has 0 bridgehead atoms. The van der Waals surface area contributed by atoms with E-state index in [4.69, 9.17) is 4.74 Å². The highest BCUT2D eigenvalue weighted by Gasteiger charge is 2.00. The molecule has 1 rings (SSSR count). The van der Waals surface area contributed by atoms with Gasteiger partial charge in [-0.15, -0.1) is 0 Å². The van der Waals surface area contributed by atoms with Crippen LogP contribution in [0.4, 0.5) is 0 Å². The van der Waals surface area contributed by atoms with Crippen molar-refractivity contribution in [1.82, 2.24) is 4.98 Å². The molecule has 66 valence electrons. The number of aromatic nitrogens is 1. The van der Waals surface area contributed by atoms with Crippen LogP contribution in [0.3, 0.4) is 0 Å². The summed E-state index contributed by atoms with van der Waals surface area (Å²) in [7, 11) is 0. The maximum absolute atomic E-state index is 5.43. The highest BCUT2D eigenvalue weighted by atomic mass is 16.5. The van der Waals surface area contributed by atoms with Crippen LogP contribution in [0.15, 0.2) is 18.5 Å². The average Bonchev–Trinajstić information content (AvgIpc) is 2.09. The molecule has 0 radical (unpaired) electrons. The Kier molecular flexibility index (Phi) is 3.58. The quantitative estimate of drug-likeness (QED) is 0.683. The van der Waals surface area contributed by atoms with Gasteiger partial charge in [-0.1, -0.05) is 13.3 Å². The SMILES string of the molecule is CCCc1ccncc1OCC. The Morgan fingerprint density at radius 1 is 1.42 bits per heavy atom. The van der Waals surface area contributed by atoms with Crippen molar-refractivity contribution in [3.05, 3.63) is 24.0 Å². The molecule has 2 nitrogen and oxygen atoms in total.